The Labute approximate surface area is 151 Å². The van der Waals surface area contributed by atoms with Crippen LogP contribution in [-0.2, 0) is 4.79 Å². The fourth-order valence-electron chi connectivity index (χ4n) is 2.79. The number of carbonyl (C=O) groups is 2. The molecule has 1 aromatic heterocycles. The molecule has 0 spiro atoms. The highest BCUT2D eigenvalue weighted by Gasteiger charge is 2.38. The molecule has 0 aliphatic carbocycles. The molecule has 1 aliphatic rings. The van der Waals surface area contributed by atoms with Crippen molar-refractivity contribution in [3.8, 4) is 10.6 Å². The van der Waals surface area contributed by atoms with Crippen LogP contribution in [0, 0.1) is 5.82 Å². The molecule has 1 fully saturated rings. The number of alkyl halides is 2. The Balaban J connectivity index is 1.78. The maximum absolute atomic E-state index is 13.5. The van der Waals surface area contributed by atoms with E-state index in [2.05, 4.69) is 15.6 Å². The number of benzene rings is 1. The number of nitrogens with one attached hydrogen (secondary N) is 2. The smallest absolute Gasteiger partial charge is 0.263 e. The summed E-state index contributed by atoms with van der Waals surface area (Å²) in [5, 5.41) is 5.65. The van der Waals surface area contributed by atoms with Crippen LogP contribution in [0.25, 0.3) is 10.6 Å². The fraction of sp³-hybridized carbons (Fsp3) is 0.353. The van der Waals surface area contributed by atoms with Gasteiger partial charge in [-0.2, -0.15) is 0 Å². The van der Waals surface area contributed by atoms with Crippen molar-refractivity contribution in [1.29, 1.82) is 0 Å². The zero-order valence-electron chi connectivity index (χ0n) is 14.0. The van der Waals surface area contributed by atoms with Crippen LogP contribution < -0.4 is 10.6 Å². The number of carbonyl (C=O) groups excluding carboxylic acids is 2. The molecule has 0 bridgehead atoms. The van der Waals surface area contributed by atoms with E-state index in [0.29, 0.717) is 6.42 Å². The molecular formula is C17H16F3N3O2S. The van der Waals surface area contributed by atoms with Gasteiger partial charge in [-0.3, -0.25) is 9.59 Å². The normalized spacial score (nSPS) is 18.8. The first-order valence-electron chi connectivity index (χ1n) is 7.82. The number of thiazole rings is 1. The Bertz CT molecular complexity index is 867. The lowest BCUT2D eigenvalue weighted by atomic mass is 10.0. The monoisotopic (exact) mass is 383 g/mol. The third-order valence-corrected chi connectivity index (χ3v) is 4.99. The molecule has 26 heavy (non-hydrogen) atoms. The quantitative estimate of drug-likeness (QED) is 0.851. The summed E-state index contributed by atoms with van der Waals surface area (Å²) >= 11 is 0.941. The van der Waals surface area contributed by atoms with Crippen molar-refractivity contribution in [1.82, 2.24) is 15.6 Å². The molecule has 0 saturated carbocycles. The van der Waals surface area contributed by atoms with Gasteiger partial charge in [0.2, 0.25) is 5.91 Å². The van der Waals surface area contributed by atoms with Crippen molar-refractivity contribution in [2.75, 3.05) is 0 Å². The average Bonchev–Trinajstić information content (AvgIpc) is 3.11. The van der Waals surface area contributed by atoms with Crippen LogP contribution >= 0.6 is 11.3 Å². The van der Waals surface area contributed by atoms with Crippen LogP contribution in [0.1, 0.15) is 41.9 Å². The van der Waals surface area contributed by atoms with Crippen molar-refractivity contribution >= 4 is 23.2 Å². The lowest BCUT2D eigenvalue weighted by Gasteiger charge is -2.16. The highest BCUT2D eigenvalue weighted by Crippen LogP contribution is 2.30. The Hall–Kier alpha value is -2.42. The summed E-state index contributed by atoms with van der Waals surface area (Å²) in [6.45, 7) is 3.71. The number of hydrogen-bond acceptors (Lipinski definition) is 4. The first kappa shape index (κ1) is 18.4. The van der Waals surface area contributed by atoms with E-state index in [1.54, 1.807) is 0 Å². The third-order valence-electron chi connectivity index (χ3n) is 3.95. The number of hydrogen-bond donors (Lipinski definition) is 2. The van der Waals surface area contributed by atoms with Gasteiger partial charge in [-0.1, -0.05) is 0 Å². The third kappa shape index (κ3) is 3.87. The second kappa shape index (κ2) is 6.71. The average molecular weight is 383 g/mol. The molecule has 1 saturated heterocycles. The van der Waals surface area contributed by atoms with Gasteiger partial charge in [0, 0.05) is 16.7 Å². The van der Waals surface area contributed by atoms with Crippen molar-refractivity contribution in [2.24, 2.45) is 0 Å². The maximum atomic E-state index is 13.5. The Morgan fingerprint density at radius 3 is 2.73 bits per heavy atom. The first-order valence-corrected chi connectivity index (χ1v) is 8.64. The van der Waals surface area contributed by atoms with Crippen molar-refractivity contribution < 1.29 is 22.8 Å². The Morgan fingerprint density at radius 1 is 1.38 bits per heavy atom. The maximum Gasteiger partial charge on any atom is 0.263 e. The number of nitrogens with zero attached hydrogens (tertiary/aromatic N) is 1. The number of aromatic nitrogens is 1. The zero-order chi connectivity index (χ0) is 19.1. The summed E-state index contributed by atoms with van der Waals surface area (Å²) < 4.78 is 39.2. The van der Waals surface area contributed by atoms with E-state index in [0.717, 1.165) is 29.5 Å². The Morgan fingerprint density at radius 2 is 2.12 bits per heavy atom. The molecular weight excluding hydrogens is 367 g/mol. The molecule has 2 aromatic rings. The van der Waals surface area contributed by atoms with Gasteiger partial charge in [0.1, 0.15) is 21.7 Å². The van der Waals surface area contributed by atoms with Crippen LogP contribution in [0.15, 0.2) is 24.4 Å². The minimum atomic E-state index is -2.81. The van der Waals surface area contributed by atoms with E-state index < -0.39 is 35.3 Å². The molecule has 2 heterocycles. The molecule has 1 aliphatic heterocycles. The number of rotatable bonds is 4. The molecule has 1 atom stereocenters. The fourth-order valence-corrected chi connectivity index (χ4v) is 3.60. The lowest BCUT2D eigenvalue weighted by molar-refractivity contribution is -0.121. The largest absolute Gasteiger partial charge is 0.349 e. The van der Waals surface area contributed by atoms with Gasteiger partial charge in [-0.15, -0.1) is 11.3 Å². The van der Waals surface area contributed by atoms with Crippen molar-refractivity contribution in [3.63, 3.8) is 0 Å². The van der Waals surface area contributed by atoms with Crippen molar-refractivity contribution in [3.05, 3.63) is 40.7 Å². The molecule has 2 N–H and O–H groups in total. The van der Waals surface area contributed by atoms with Gasteiger partial charge in [-0.25, -0.2) is 18.2 Å². The SMILES string of the molecule is CC1(C)CC(NC(=O)c2cnc(-c3cc(F)cc(C(F)F)c3)s2)C(=O)N1. The van der Waals surface area contributed by atoms with E-state index in [9.17, 15) is 22.8 Å². The van der Waals surface area contributed by atoms with E-state index in [4.69, 9.17) is 0 Å². The van der Waals surface area contributed by atoms with E-state index in [1.165, 1.54) is 6.20 Å². The molecule has 0 radical (unpaired) electrons. The van der Waals surface area contributed by atoms with E-state index in [1.807, 2.05) is 13.8 Å². The van der Waals surface area contributed by atoms with Gasteiger partial charge in [0.05, 0.1) is 6.20 Å². The molecule has 1 aromatic carbocycles. The molecule has 5 nitrogen and oxygen atoms in total. The van der Waals surface area contributed by atoms with Gasteiger partial charge in [-0.05, 0) is 38.5 Å². The minimum Gasteiger partial charge on any atom is -0.349 e. The molecule has 2 amide bonds. The second-order valence-electron chi connectivity index (χ2n) is 6.71. The van der Waals surface area contributed by atoms with E-state index >= 15 is 0 Å². The van der Waals surface area contributed by atoms with Crippen LogP contribution in [0.4, 0.5) is 13.2 Å². The molecule has 3 rings (SSSR count). The summed E-state index contributed by atoms with van der Waals surface area (Å²) in [6, 6.07) is 2.33. The van der Waals surface area contributed by atoms with Gasteiger partial charge < -0.3 is 10.6 Å². The minimum absolute atomic E-state index is 0.170. The van der Waals surface area contributed by atoms with Crippen LogP contribution in [-0.4, -0.2) is 28.4 Å². The predicted octanol–water partition coefficient (Wildman–Crippen LogP) is 3.28. The molecule has 1 unspecified atom stereocenters. The summed E-state index contributed by atoms with van der Waals surface area (Å²) in [7, 11) is 0. The van der Waals surface area contributed by atoms with Gasteiger partial charge in [0.25, 0.3) is 12.3 Å². The lowest BCUT2D eigenvalue weighted by Crippen LogP contribution is -2.40. The zero-order valence-corrected chi connectivity index (χ0v) is 14.8. The summed E-state index contributed by atoms with van der Waals surface area (Å²) in [4.78, 5) is 28.4. The number of halogens is 3. The topological polar surface area (TPSA) is 71.1 Å². The first-order chi connectivity index (χ1) is 12.1. The summed E-state index contributed by atoms with van der Waals surface area (Å²) in [5.74, 6) is -1.55. The summed E-state index contributed by atoms with van der Waals surface area (Å²) in [5.41, 5.74) is -0.684. The van der Waals surface area contributed by atoms with E-state index in [-0.39, 0.29) is 21.4 Å². The van der Waals surface area contributed by atoms with Crippen LogP contribution in [0.2, 0.25) is 0 Å². The van der Waals surface area contributed by atoms with Gasteiger partial charge in [0.15, 0.2) is 0 Å². The number of amides is 2. The molecule has 138 valence electrons. The standard InChI is InChI=1S/C17H16F3N3O2S/c1-17(2)6-11(14(24)23-17)22-15(25)12-7-21-16(26-12)9-3-8(13(19)20)4-10(18)5-9/h3-5,7,11,13H,6H2,1-2H3,(H,22,25)(H,23,24). The van der Waals surface area contributed by atoms with Crippen molar-refractivity contribution in [2.45, 2.75) is 38.3 Å². The van der Waals surface area contributed by atoms with Crippen LogP contribution in [0.5, 0.6) is 0 Å². The predicted molar refractivity (Wildman–Crippen MR) is 90.6 cm³/mol. The Kier molecular flexibility index (Phi) is 4.74. The summed E-state index contributed by atoms with van der Waals surface area (Å²) in [6.07, 6.45) is -1.08. The highest BCUT2D eigenvalue weighted by molar-refractivity contribution is 7.16. The second-order valence-corrected chi connectivity index (χ2v) is 7.74. The highest BCUT2D eigenvalue weighted by atomic mass is 32.1. The van der Waals surface area contributed by atoms with Gasteiger partial charge >= 0.3 is 0 Å². The molecule has 9 heteroatoms. The van der Waals surface area contributed by atoms with Crippen LogP contribution in [0.3, 0.4) is 0 Å².